The number of carbonyl (C=O) groups is 1. The Bertz CT molecular complexity index is 1520. The van der Waals surface area contributed by atoms with Crippen LogP contribution < -0.4 is 5.32 Å². The highest BCUT2D eigenvalue weighted by Gasteiger charge is 2.16. The topological polar surface area (TPSA) is 55.1 Å². The van der Waals surface area contributed by atoms with Crippen LogP contribution >= 0.6 is 23.2 Å². The van der Waals surface area contributed by atoms with Gasteiger partial charge in [-0.3, -0.25) is 4.79 Å². The number of benzene rings is 4. The third-order valence-corrected chi connectivity index (χ3v) is 6.31. The Morgan fingerprint density at radius 3 is 2.52 bits per heavy atom. The fourth-order valence-electron chi connectivity index (χ4n) is 3.85. The number of nitrogens with zero attached hydrogens (tertiary/aromatic N) is 1. The summed E-state index contributed by atoms with van der Waals surface area (Å²) in [4.78, 5) is 17.7. The highest BCUT2D eigenvalue weighted by Crippen LogP contribution is 2.34. The standard InChI is InChI=1S/C27H20Cl2N2O2/c1-15(2)16-9-12-25-24(13-16)31-27(33-25)21-14-17(10-11-23(21)29)30-26(32)20-7-3-6-19-18(20)5-4-8-22(19)28/h3-15H,1-2H3,(H,30,32). The summed E-state index contributed by atoms with van der Waals surface area (Å²) in [7, 11) is 0. The Morgan fingerprint density at radius 2 is 1.70 bits per heavy atom. The van der Waals surface area contributed by atoms with Gasteiger partial charge in [-0.05, 0) is 59.3 Å². The first-order valence-electron chi connectivity index (χ1n) is 10.6. The Kier molecular flexibility index (Phi) is 5.57. The maximum atomic E-state index is 13.1. The number of anilines is 1. The molecular formula is C27H20Cl2N2O2. The fourth-order valence-corrected chi connectivity index (χ4v) is 4.29. The second-order valence-electron chi connectivity index (χ2n) is 8.19. The van der Waals surface area contributed by atoms with Gasteiger partial charge in [0.15, 0.2) is 5.58 Å². The van der Waals surface area contributed by atoms with Crippen molar-refractivity contribution in [1.29, 1.82) is 0 Å². The Hall–Kier alpha value is -3.34. The lowest BCUT2D eigenvalue weighted by atomic mass is 10.0. The van der Waals surface area contributed by atoms with Crippen LogP contribution in [-0.4, -0.2) is 10.9 Å². The van der Waals surface area contributed by atoms with Crippen LogP contribution in [0.2, 0.25) is 10.0 Å². The van der Waals surface area contributed by atoms with Gasteiger partial charge in [-0.1, -0.05) is 67.4 Å². The summed E-state index contributed by atoms with van der Waals surface area (Å²) in [6.07, 6.45) is 0. The first-order chi connectivity index (χ1) is 15.9. The number of carbonyl (C=O) groups excluding carboxylic acids is 1. The summed E-state index contributed by atoms with van der Waals surface area (Å²) in [6, 6.07) is 22.2. The van der Waals surface area contributed by atoms with Gasteiger partial charge in [-0.25, -0.2) is 4.98 Å². The molecule has 4 nitrogen and oxygen atoms in total. The molecule has 0 aliphatic carbocycles. The molecule has 0 saturated heterocycles. The SMILES string of the molecule is CC(C)c1ccc2oc(-c3cc(NC(=O)c4cccc5c(Cl)cccc45)ccc3Cl)nc2c1. The zero-order valence-electron chi connectivity index (χ0n) is 18.0. The third kappa shape index (κ3) is 4.08. The molecule has 164 valence electrons. The van der Waals surface area contributed by atoms with Crippen LogP contribution in [0.15, 0.2) is 77.2 Å². The largest absolute Gasteiger partial charge is 0.436 e. The zero-order valence-corrected chi connectivity index (χ0v) is 19.5. The number of hydrogen-bond acceptors (Lipinski definition) is 3. The molecule has 0 aliphatic rings. The van der Waals surface area contributed by atoms with E-state index in [4.69, 9.17) is 27.6 Å². The molecule has 0 saturated carbocycles. The monoisotopic (exact) mass is 474 g/mol. The van der Waals surface area contributed by atoms with Gasteiger partial charge in [0.25, 0.3) is 5.91 Å². The van der Waals surface area contributed by atoms with E-state index < -0.39 is 0 Å². The predicted molar refractivity (Wildman–Crippen MR) is 135 cm³/mol. The van der Waals surface area contributed by atoms with Gasteiger partial charge >= 0.3 is 0 Å². The molecule has 1 heterocycles. The lowest BCUT2D eigenvalue weighted by Crippen LogP contribution is -2.12. The van der Waals surface area contributed by atoms with Crippen LogP contribution in [0.3, 0.4) is 0 Å². The lowest BCUT2D eigenvalue weighted by molar-refractivity contribution is 0.102. The Morgan fingerprint density at radius 1 is 0.909 bits per heavy atom. The maximum absolute atomic E-state index is 13.1. The summed E-state index contributed by atoms with van der Waals surface area (Å²) in [5.74, 6) is 0.555. The van der Waals surface area contributed by atoms with Gasteiger partial charge in [0.1, 0.15) is 5.52 Å². The van der Waals surface area contributed by atoms with Gasteiger partial charge < -0.3 is 9.73 Å². The molecule has 0 spiro atoms. The van der Waals surface area contributed by atoms with Crippen LogP contribution in [0.25, 0.3) is 33.3 Å². The van der Waals surface area contributed by atoms with Crippen molar-refractivity contribution < 1.29 is 9.21 Å². The minimum Gasteiger partial charge on any atom is -0.436 e. The number of amides is 1. The molecule has 0 fully saturated rings. The zero-order chi connectivity index (χ0) is 23.1. The molecule has 0 radical (unpaired) electrons. The van der Waals surface area contributed by atoms with E-state index in [1.165, 1.54) is 5.56 Å². The van der Waals surface area contributed by atoms with Gasteiger partial charge in [-0.15, -0.1) is 0 Å². The van der Waals surface area contributed by atoms with E-state index in [0.717, 1.165) is 16.3 Å². The van der Waals surface area contributed by atoms with Crippen molar-refractivity contribution in [3.05, 3.63) is 94.0 Å². The van der Waals surface area contributed by atoms with E-state index in [0.29, 0.717) is 44.3 Å². The predicted octanol–water partition coefficient (Wildman–Crippen LogP) is 8.33. The van der Waals surface area contributed by atoms with E-state index in [-0.39, 0.29) is 5.91 Å². The molecule has 0 unspecified atom stereocenters. The summed E-state index contributed by atoms with van der Waals surface area (Å²) in [5, 5.41) is 5.66. The van der Waals surface area contributed by atoms with Crippen molar-refractivity contribution in [1.82, 2.24) is 4.98 Å². The number of oxazole rings is 1. The average Bonchev–Trinajstić information content (AvgIpc) is 3.23. The molecule has 1 aromatic heterocycles. The van der Waals surface area contributed by atoms with Crippen LogP contribution in [0.1, 0.15) is 35.7 Å². The van der Waals surface area contributed by atoms with E-state index in [1.54, 1.807) is 24.3 Å². The summed E-state index contributed by atoms with van der Waals surface area (Å²) in [5.41, 5.74) is 4.38. The second kappa shape index (κ2) is 8.54. The van der Waals surface area contributed by atoms with E-state index in [1.807, 2.05) is 48.5 Å². The number of hydrogen-bond donors (Lipinski definition) is 1. The molecule has 6 heteroatoms. The van der Waals surface area contributed by atoms with Gasteiger partial charge in [0, 0.05) is 21.7 Å². The Balaban J connectivity index is 1.49. The van der Waals surface area contributed by atoms with E-state index >= 15 is 0 Å². The molecule has 5 rings (SSSR count). The van der Waals surface area contributed by atoms with Crippen molar-refractivity contribution in [2.75, 3.05) is 5.32 Å². The number of nitrogens with one attached hydrogen (secondary N) is 1. The highest BCUT2D eigenvalue weighted by molar-refractivity contribution is 6.36. The van der Waals surface area contributed by atoms with Crippen molar-refractivity contribution in [3.63, 3.8) is 0 Å². The van der Waals surface area contributed by atoms with Crippen molar-refractivity contribution in [3.8, 4) is 11.5 Å². The number of fused-ring (bicyclic) bond motifs is 2. The van der Waals surface area contributed by atoms with Gasteiger partial charge in [0.05, 0.1) is 10.6 Å². The number of halogens is 2. The quantitative estimate of drug-likeness (QED) is 0.284. The smallest absolute Gasteiger partial charge is 0.256 e. The first kappa shape index (κ1) is 21.5. The maximum Gasteiger partial charge on any atom is 0.256 e. The third-order valence-electron chi connectivity index (χ3n) is 5.65. The summed E-state index contributed by atoms with van der Waals surface area (Å²) < 4.78 is 5.96. The van der Waals surface area contributed by atoms with Crippen molar-refractivity contribution >= 4 is 56.7 Å². The normalized spacial score (nSPS) is 11.4. The molecule has 4 aromatic carbocycles. The molecular weight excluding hydrogens is 455 g/mol. The minimum atomic E-state index is -0.240. The van der Waals surface area contributed by atoms with E-state index in [2.05, 4.69) is 24.1 Å². The molecule has 5 aromatic rings. The average molecular weight is 475 g/mol. The van der Waals surface area contributed by atoms with Crippen LogP contribution in [0, 0.1) is 0 Å². The molecule has 1 N–H and O–H groups in total. The molecule has 33 heavy (non-hydrogen) atoms. The van der Waals surface area contributed by atoms with Gasteiger partial charge in [0.2, 0.25) is 5.89 Å². The number of aromatic nitrogens is 1. The molecule has 0 aliphatic heterocycles. The van der Waals surface area contributed by atoms with Crippen LogP contribution in [0.5, 0.6) is 0 Å². The second-order valence-corrected chi connectivity index (χ2v) is 9.00. The van der Waals surface area contributed by atoms with Crippen molar-refractivity contribution in [2.45, 2.75) is 19.8 Å². The van der Waals surface area contributed by atoms with Gasteiger partial charge in [-0.2, -0.15) is 0 Å². The molecule has 0 bridgehead atoms. The van der Waals surface area contributed by atoms with Crippen LogP contribution in [-0.2, 0) is 0 Å². The first-order valence-corrected chi connectivity index (χ1v) is 11.4. The highest BCUT2D eigenvalue weighted by atomic mass is 35.5. The Labute approximate surface area is 201 Å². The summed E-state index contributed by atoms with van der Waals surface area (Å²) in [6.45, 7) is 4.27. The molecule has 1 amide bonds. The van der Waals surface area contributed by atoms with E-state index in [9.17, 15) is 4.79 Å². The fraction of sp³-hybridized carbons (Fsp3) is 0.111. The van der Waals surface area contributed by atoms with Crippen molar-refractivity contribution in [2.24, 2.45) is 0 Å². The number of rotatable bonds is 4. The minimum absolute atomic E-state index is 0.240. The lowest BCUT2D eigenvalue weighted by Gasteiger charge is -2.10. The van der Waals surface area contributed by atoms with Crippen LogP contribution in [0.4, 0.5) is 5.69 Å². The summed E-state index contributed by atoms with van der Waals surface area (Å²) >= 11 is 12.8. The molecule has 0 atom stereocenters.